The van der Waals surface area contributed by atoms with Gasteiger partial charge in [0.15, 0.2) is 0 Å². The molecule has 2 aliphatic rings. The molecule has 2 saturated carbocycles. The maximum atomic E-state index is 12.6. The monoisotopic (exact) mass is 234 g/mol. The Morgan fingerprint density at radius 2 is 1.94 bits per heavy atom. The Kier molecular flexibility index (Phi) is 2.57. The molecule has 0 bridgehead atoms. The molecule has 4 heteroatoms. The molecule has 0 saturated heterocycles. The molecule has 2 aliphatic carbocycles. The summed E-state index contributed by atoms with van der Waals surface area (Å²) in [6, 6.07) is 3.03. The fraction of sp³-hybridized carbons (Fsp3) is 0.538. The summed E-state index contributed by atoms with van der Waals surface area (Å²) in [6.45, 7) is 0. The Hall–Kier alpha value is -1.45. The van der Waals surface area contributed by atoms with Crippen LogP contribution in [0.1, 0.15) is 36.0 Å². The van der Waals surface area contributed by atoms with E-state index in [9.17, 15) is 9.18 Å². The maximum absolute atomic E-state index is 12.6. The molecule has 0 radical (unpaired) electrons. The highest BCUT2D eigenvalue weighted by Crippen LogP contribution is 2.44. The van der Waals surface area contributed by atoms with Crippen molar-refractivity contribution in [2.24, 2.45) is 11.8 Å². The first kappa shape index (κ1) is 10.7. The largest absolute Gasteiger partial charge is 0.349 e. The fourth-order valence-electron chi connectivity index (χ4n) is 2.28. The molecule has 0 aromatic carbocycles. The van der Waals surface area contributed by atoms with Crippen molar-refractivity contribution in [2.75, 3.05) is 0 Å². The predicted octanol–water partition coefficient (Wildman–Crippen LogP) is 2.14. The molecule has 3 nitrogen and oxygen atoms in total. The van der Waals surface area contributed by atoms with Gasteiger partial charge in [0.2, 0.25) is 5.95 Å². The van der Waals surface area contributed by atoms with Gasteiger partial charge in [-0.25, -0.2) is 4.98 Å². The average molecular weight is 234 g/mol. The number of rotatable bonds is 4. The molecule has 90 valence electrons. The van der Waals surface area contributed by atoms with Crippen molar-refractivity contribution in [1.29, 1.82) is 0 Å². The topological polar surface area (TPSA) is 42.0 Å². The van der Waals surface area contributed by atoms with Crippen LogP contribution in [0.25, 0.3) is 0 Å². The molecular formula is C13H15FN2O. The zero-order valence-corrected chi connectivity index (χ0v) is 9.53. The number of halogens is 1. The predicted molar refractivity (Wildman–Crippen MR) is 60.9 cm³/mol. The number of amides is 1. The molecule has 0 spiro atoms. The molecule has 0 atom stereocenters. The number of carbonyl (C=O) groups excluding carboxylic acids is 1. The zero-order chi connectivity index (χ0) is 11.8. The van der Waals surface area contributed by atoms with Crippen molar-refractivity contribution in [2.45, 2.75) is 31.7 Å². The Balaban J connectivity index is 1.67. The highest BCUT2D eigenvalue weighted by atomic mass is 19.1. The molecule has 1 aromatic rings. The van der Waals surface area contributed by atoms with Gasteiger partial charge >= 0.3 is 0 Å². The van der Waals surface area contributed by atoms with E-state index in [0.717, 1.165) is 0 Å². The number of carbonyl (C=O) groups is 1. The summed E-state index contributed by atoms with van der Waals surface area (Å²) in [5.74, 6) is 0.656. The number of hydrogen-bond donors (Lipinski definition) is 1. The number of pyridine rings is 1. The molecular weight excluding hydrogens is 219 g/mol. The van der Waals surface area contributed by atoms with Crippen LogP contribution in [-0.2, 0) is 0 Å². The first-order valence-electron chi connectivity index (χ1n) is 6.16. The average Bonchev–Trinajstić information content (AvgIpc) is 3.17. The van der Waals surface area contributed by atoms with Gasteiger partial charge < -0.3 is 5.32 Å². The lowest BCUT2D eigenvalue weighted by Crippen LogP contribution is -2.38. The van der Waals surface area contributed by atoms with Gasteiger partial charge in [-0.3, -0.25) is 4.79 Å². The molecule has 3 rings (SSSR count). The fourth-order valence-corrected chi connectivity index (χ4v) is 2.28. The molecule has 0 unspecified atom stereocenters. The lowest BCUT2D eigenvalue weighted by atomic mass is 10.1. The van der Waals surface area contributed by atoms with Gasteiger partial charge in [0.25, 0.3) is 5.91 Å². The lowest BCUT2D eigenvalue weighted by Gasteiger charge is -2.17. The van der Waals surface area contributed by atoms with E-state index in [2.05, 4.69) is 10.3 Å². The smallest absolute Gasteiger partial charge is 0.253 e. The quantitative estimate of drug-likeness (QED) is 0.811. The van der Waals surface area contributed by atoms with Crippen molar-refractivity contribution in [3.63, 3.8) is 0 Å². The lowest BCUT2D eigenvalue weighted by molar-refractivity contribution is 0.0926. The minimum absolute atomic E-state index is 0.124. The number of hydrogen-bond acceptors (Lipinski definition) is 2. The third-order valence-electron chi connectivity index (χ3n) is 3.55. The van der Waals surface area contributed by atoms with Crippen LogP contribution >= 0.6 is 0 Å². The van der Waals surface area contributed by atoms with E-state index in [1.807, 2.05) is 0 Å². The highest BCUT2D eigenvalue weighted by molar-refractivity contribution is 5.94. The van der Waals surface area contributed by atoms with Gasteiger partial charge in [0.05, 0.1) is 5.56 Å². The van der Waals surface area contributed by atoms with E-state index in [1.165, 1.54) is 44.0 Å². The van der Waals surface area contributed by atoms with Crippen molar-refractivity contribution in [3.05, 3.63) is 29.8 Å². The van der Waals surface area contributed by atoms with Gasteiger partial charge in [-0.05, 0) is 49.7 Å². The van der Waals surface area contributed by atoms with Crippen LogP contribution in [0.2, 0.25) is 0 Å². The van der Waals surface area contributed by atoms with E-state index < -0.39 is 5.95 Å². The van der Waals surface area contributed by atoms with Crippen LogP contribution in [0.5, 0.6) is 0 Å². The third-order valence-corrected chi connectivity index (χ3v) is 3.55. The van der Waals surface area contributed by atoms with Crippen LogP contribution in [0.4, 0.5) is 4.39 Å². The molecule has 1 amide bonds. The van der Waals surface area contributed by atoms with Crippen LogP contribution in [0, 0.1) is 17.8 Å². The van der Waals surface area contributed by atoms with E-state index >= 15 is 0 Å². The Morgan fingerprint density at radius 1 is 1.29 bits per heavy atom. The minimum atomic E-state index is -0.553. The van der Waals surface area contributed by atoms with Crippen LogP contribution in [-0.4, -0.2) is 16.9 Å². The Bertz CT molecular complexity index is 412. The van der Waals surface area contributed by atoms with Crippen molar-refractivity contribution >= 4 is 5.91 Å². The maximum Gasteiger partial charge on any atom is 0.253 e. The summed E-state index contributed by atoms with van der Waals surface area (Å²) in [4.78, 5) is 15.5. The minimum Gasteiger partial charge on any atom is -0.349 e. The van der Waals surface area contributed by atoms with Gasteiger partial charge in [0.1, 0.15) is 0 Å². The normalized spacial score (nSPS) is 19.4. The summed E-state index contributed by atoms with van der Waals surface area (Å²) >= 11 is 0. The summed E-state index contributed by atoms with van der Waals surface area (Å²) in [7, 11) is 0. The standard InChI is InChI=1S/C13H15FN2O/c14-11-6-5-10(7-15-11)13(17)16-12(8-1-2-8)9-3-4-9/h5-9,12H,1-4H2,(H,16,17). The third kappa shape index (κ3) is 2.46. The number of nitrogens with one attached hydrogen (secondary N) is 1. The molecule has 0 aliphatic heterocycles. The highest BCUT2D eigenvalue weighted by Gasteiger charge is 2.42. The Labute approximate surface area is 99.4 Å². The number of nitrogens with zero attached hydrogens (tertiary/aromatic N) is 1. The molecule has 1 aromatic heterocycles. The second-order valence-electron chi connectivity index (χ2n) is 5.04. The van der Waals surface area contributed by atoms with E-state index in [0.29, 0.717) is 23.4 Å². The van der Waals surface area contributed by atoms with Gasteiger partial charge in [-0.2, -0.15) is 4.39 Å². The second kappa shape index (κ2) is 4.09. The zero-order valence-electron chi connectivity index (χ0n) is 9.53. The second-order valence-corrected chi connectivity index (χ2v) is 5.04. The first-order chi connectivity index (χ1) is 8.24. The van der Waals surface area contributed by atoms with Crippen LogP contribution in [0.15, 0.2) is 18.3 Å². The molecule has 1 heterocycles. The van der Waals surface area contributed by atoms with Crippen molar-refractivity contribution in [3.8, 4) is 0 Å². The SMILES string of the molecule is O=C(NC(C1CC1)C1CC1)c1ccc(F)nc1. The van der Waals surface area contributed by atoms with E-state index in [4.69, 9.17) is 0 Å². The Morgan fingerprint density at radius 3 is 2.41 bits per heavy atom. The summed E-state index contributed by atoms with van der Waals surface area (Å²) in [5.41, 5.74) is 0.442. The molecule has 17 heavy (non-hydrogen) atoms. The molecule has 2 fully saturated rings. The van der Waals surface area contributed by atoms with Crippen molar-refractivity contribution < 1.29 is 9.18 Å². The van der Waals surface area contributed by atoms with Crippen molar-refractivity contribution in [1.82, 2.24) is 10.3 Å². The van der Waals surface area contributed by atoms with E-state index in [1.54, 1.807) is 0 Å². The summed E-state index contributed by atoms with van der Waals surface area (Å²) in [6.07, 6.45) is 6.19. The van der Waals surface area contributed by atoms with Gasteiger partial charge in [0, 0.05) is 12.2 Å². The summed E-state index contributed by atoms with van der Waals surface area (Å²) in [5, 5.41) is 3.08. The first-order valence-corrected chi connectivity index (χ1v) is 6.16. The summed E-state index contributed by atoms with van der Waals surface area (Å²) < 4.78 is 12.6. The van der Waals surface area contributed by atoms with Crippen LogP contribution < -0.4 is 5.32 Å². The van der Waals surface area contributed by atoms with Crippen LogP contribution in [0.3, 0.4) is 0 Å². The number of aromatic nitrogens is 1. The van der Waals surface area contributed by atoms with Gasteiger partial charge in [-0.15, -0.1) is 0 Å². The molecule has 1 N–H and O–H groups in total. The van der Waals surface area contributed by atoms with E-state index in [-0.39, 0.29) is 5.91 Å². The van der Waals surface area contributed by atoms with Gasteiger partial charge in [-0.1, -0.05) is 0 Å².